The van der Waals surface area contributed by atoms with Gasteiger partial charge in [-0.05, 0) is 36.9 Å². The van der Waals surface area contributed by atoms with Gasteiger partial charge in [-0.15, -0.1) is 11.3 Å². The molecule has 0 saturated carbocycles. The Labute approximate surface area is 131 Å². The van der Waals surface area contributed by atoms with Crippen LogP contribution in [0, 0.1) is 12.3 Å². The Morgan fingerprint density at radius 2 is 2.19 bits per heavy atom. The number of aromatic nitrogens is 1. The molecule has 2 N–H and O–H groups in total. The van der Waals surface area contributed by atoms with Crippen molar-refractivity contribution in [2.45, 2.75) is 34.2 Å². The second-order valence-electron chi connectivity index (χ2n) is 6.17. The van der Waals surface area contributed by atoms with Crippen molar-refractivity contribution < 1.29 is 4.42 Å². The minimum atomic E-state index is 0.115. The van der Waals surface area contributed by atoms with Crippen molar-refractivity contribution in [2.24, 2.45) is 11.1 Å². The summed E-state index contributed by atoms with van der Waals surface area (Å²) in [6.07, 6.45) is 0. The fourth-order valence-electron chi connectivity index (χ4n) is 2.24. The van der Waals surface area contributed by atoms with E-state index in [0.717, 1.165) is 41.9 Å². The van der Waals surface area contributed by atoms with Gasteiger partial charge in [0.15, 0.2) is 0 Å². The van der Waals surface area contributed by atoms with Crippen LogP contribution in [-0.2, 0) is 6.54 Å². The van der Waals surface area contributed by atoms with Gasteiger partial charge >= 0.3 is 0 Å². The Morgan fingerprint density at radius 3 is 2.76 bits per heavy atom. The third kappa shape index (κ3) is 4.15. The van der Waals surface area contributed by atoms with E-state index in [1.807, 2.05) is 24.4 Å². The van der Waals surface area contributed by atoms with E-state index in [-0.39, 0.29) is 5.41 Å². The molecule has 0 aliphatic heterocycles. The normalized spacial score (nSPS) is 12.3. The minimum Gasteiger partial charge on any atom is -0.440 e. The van der Waals surface area contributed by atoms with Gasteiger partial charge in [-0.1, -0.05) is 26.8 Å². The van der Waals surface area contributed by atoms with E-state index in [1.54, 1.807) is 11.3 Å². The van der Waals surface area contributed by atoms with Crippen LogP contribution in [-0.4, -0.2) is 29.5 Å². The zero-order chi connectivity index (χ0) is 15.5. The first-order valence-electron chi connectivity index (χ1n) is 7.38. The number of thiophene rings is 1. The molecule has 0 aromatic carbocycles. The third-order valence-corrected chi connectivity index (χ3v) is 4.51. The molecule has 0 radical (unpaired) electrons. The van der Waals surface area contributed by atoms with Gasteiger partial charge in [0.05, 0.1) is 10.6 Å². The predicted molar refractivity (Wildman–Crippen MR) is 88.3 cm³/mol. The summed E-state index contributed by atoms with van der Waals surface area (Å²) in [6, 6.07) is 4.05. The number of aryl methyl sites for hydroxylation is 1. The van der Waals surface area contributed by atoms with Crippen molar-refractivity contribution in [3.05, 3.63) is 29.0 Å². The number of nitrogens with two attached hydrogens (primary N) is 1. The Morgan fingerprint density at radius 1 is 1.43 bits per heavy atom. The molecule has 4 nitrogen and oxygen atoms in total. The fourth-order valence-corrected chi connectivity index (χ4v) is 2.89. The van der Waals surface area contributed by atoms with Crippen LogP contribution in [0.4, 0.5) is 0 Å². The molecule has 21 heavy (non-hydrogen) atoms. The van der Waals surface area contributed by atoms with Crippen molar-refractivity contribution in [3.63, 3.8) is 0 Å². The largest absolute Gasteiger partial charge is 0.440 e. The summed E-state index contributed by atoms with van der Waals surface area (Å²) in [5, 5.41) is 2.04. The summed E-state index contributed by atoms with van der Waals surface area (Å²) in [7, 11) is 0. The molecule has 0 saturated heterocycles. The first-order chi connectivity index (χ1) is 9.95. The Hall–Kier alpha value is -1.17. The van der Waals surface area contributed by atoms with Crippen LogP contribution in [0.2, 0.25) is 0 Å². The monoisotopic (exact) mass is 307 g/mol. The number of nitrogens with zero attached hydrogens (tertiary/aromatic N) is 2. The lowest BCUT2D eigenvalue weighted by Gasteiger charge is -2.30. The van der Waals surface area contributed by atoms with Crippen LogP contribution in [0.25, 0.3) is 10.8 Å². The highest BCUT2D eigenvalue weighted by atomic mass is 32.1. The predicted octanol–water partition coefficient (Wildman–Crippen LogP) is 3.52. The van der Waals surface area contributed by atoms with Gasteiger partial charge in [0.1, 0.15) is 5.76 Å². The lowest BCUT2D eigenvalue weighted by Crippen LogP contribution is -2.38. The van der Waals surface area contributed by atoms with Crippen LogP contribution >= 0.6 is 11.3 Å². The minimum absolute atomic E-state index is 0.115. The van der Waals surface area contributed by atoms with E-state index in [9.17, 15) is 0 Å². The van der Waals surface area contributed by atoms with E-state index < -0.39 is 0 Å². The molecule has 0 atom stereocenters. The maximum atomic E-state index is 5.84. The zero-order valence-electron chi connectivity index (χ0n) is 13.3. The Kier molecular flexibility index (Phi) is 5.19. The van der Waals surface area contributed by atoms with Gasteiger partial charge in [0, 0.05) is 13.1 Å². The van der Waals surface area contributed by atoms with Crippen molar-refractivity contribution in [1.82, 2.24) is 9.88 Å². The molecule has 0 amide bonds. The zero-order valence-corrected chi connectivity index (χ0v) is 14.2. The Balaban J connectivity index is 2.11. The van der Waals surface area contributed by atoms with E-state index in [0.29, 0.717) is 6.54 Å². The van der Waals surface area contributed by atoms with Gasteiger partial charge in [0.25, 0.3) is 0 Å². The van der Waals surface area contributed by atoms with Crippen molar-refractivity contribution in [1.29, 1.82) is 0 Å². The van der Waals surface area contributed by atoms with Crippen LogP contribution in [0.3, 0.4) is 0 Å². The SMILES string of the molecule is CCN(Cc1nc(-c2cccs2)oc1C)CC(C)(C)CN. The quantitative estimate of drug-likeness (QED) is 0.850. The van der Waals surface area contributed by atoms with Crippen molar-refractivity contribution >= 4 is 11.3 Å². The van der Waals surface area contributed by atoms with Gasteiger partial charge in [-0.2, -0.15) is 0 Å². The van der Waals surface area contributed by atoms with Gasteiger partial charge in [-0.3, -0.25) is 4.90 Å². The van der Waals surface area contributed by atoms with Crippen LogP contribution < -0.4 is 5.73 Å². The molecule has 0 aliphatic carbocycles. The summed E-state index contributed by atoms with van der Waals surface area (Å²) in [6.45, 7) is 12.0. The summed E-state index contributed by atoms with van der Waals surface area (Å²) in [5.41, 5.74) is 6.98. The molecule has 0 fully saturated rings. The van der Waals surface area contributed by atoms with Crippen LogP contribution in [0.5, 0.6) is 0 Å². The molecule has 2 aromatic heterocycles. The molecular formula is C16H25N3OS. The molecule has 0 spiro atoms. The van der Waals surface area contributed by atoms with Crippen molar-refractivity contribution in [2.75, 3.05) is 19.6 Å². The first kappa shape index (κ1) is 16.2. The molecule has 0 unspecified atom stereocenters. The van der Waals surface area contributed by atoms with Gasteiger partial charge in [-0.25, -0.2) is 4.98 Å². The van der Waals surface area contributed by atoms with Crippen LogP contribution in [0.15, 0.2) is 21.9 Å². The highest BCUT2D eigenvalue weighted by Crippen LogP contribution is 2.27. The molecule has 5 heteroatoms. The Bertz CT molecular complexity index is 560. The summed E-state index contributed by atoms with van der Waals surface area (Å²) in [4.78, 5) is 8.12. The second-order valence-corrected chi connectivity index (χ2v) is 7.12. The molecule has 116 valence electrons. The second kappa shape index (κ2) is 6.73. The standard InChI is InChI=1S/C16H25N3OS/c1-5-19(11-16(3,4)10-17)9-13-12(2)20-15(18-13)14-7-6-8-21-14/h6-8H,5,9-11,17H2,1-4H3. The molecule has 2 rings (SSSR count). The average molecular weight is 307 g/mol. The molecule has 2 aromatic rings. The van der Waals surface area contributed by atoms with Crippen molar-refractivity contribution in [3.8, 4) is 10.8 Å². The number of hydrogen-bond acceptors (Lipinski definition) is 5. The van der Waals surface area contributed by atoms with E-state index in [4.69, 9.17) is 10.2 Å². The van der Waals surface area contributed by atoms with Crippen LogP contribution in [0.1, 0.15) is 32.2 Å². The lowest BCUT2D eigenvalue weighted by atomic mass is 9.93. The topological polar surface area (TPSA) is 55.3 Å². The van der Waals surface area contributed by atoms with E-state index in [1.165, 1.54) is 0 Å². The number of hydrogen-bond donors (Lipinski definition) is 1. The number of rotatable bonds is 7. The maximum Gasteiger partial charge on any atom is 0.236 e. The highest BCUT2D eigenvalue weighted by Gasteiger charge is 2.21. The lowest BCUT2D eigenvalue weighted by molar-refractivity contribution is 0.181. The fraction of sp³-hybridized carbons (Fsp3) is 0.562. The molecule has 0 bridgehead atoms. The average Bonchev–Trinajstić information content (AvgIpc) is 3.08. The van der Waals surface area contributed by atoms with Gasteiger partial charge in [0.2, 0.25) is 5.89 Å². The van der Waals surface area contributed by atoms with E-state index >= 15 is 0 Å². The van der Waals surface area contributed by atoms with E-state index in [2.05, 4.69) is 30.7 Å². The first-order valence-corrected chi connectivity index (χ1v) is 8.25. The summed E-state index contributed by atoms with van der Waals surface area (Å²) in [5.74, 6) is 1.63. The summed E-state index contributed by atoms with van der Waals surface area (Å²) < 4.78 is 5.81. The van der Waals surface area contributed by atoms with Gasteiger partial charge < -0.3 is 10.2 Å². The number of oxazole rings is 1. The third-order valence-electron chi connectivity index (χ3n) is 3.65. The summed E-state index contributed by atoms with van der Waals surface area (Å²) >= 11 is 1.65. The smallest absolute Gasteiger partial charge is 0.236 e. The molecule has 2 heterocycles. The highest BCUT2D eigenvalue weighted by molar-refractivity contribution is 7.13. The molecular weight excluding hydrogens is 282 g/mol. The maximum absolute atomic E-state index is 5.84. The molecule has 0 aliphatic rings.